The number of pyridine rings is 1. The molecule has 0 bridgehead atoms. The molecule has 2 heterocycles. The van der Waals surface area contributed by atoms with Gasteiger partial charge in [-0.3, -0.25) is 14.3 Å². The lowest BCUT2D eigenvalue weighted by molar-refractivity contribution is 0.0951. The molecule has 0 atom stereocenters. The molecule has 2 aromatic carbocycles. The Morgan fingerprint density at radius 1 is 1.03 bits per heavy atom. The molecule has 0 unspecified atom stereocenters. The fourth-order valence-corrected chi connectivity index (χ4v) is 3.35. The van der Waals surface area contributed by atoms with Gasteiger partial charge in [-0.05, 0) is 29.8 Å². The van der Waals surface area contributed by atoms with Crippen LogP contribution in [0.25, 0.3) is 16.7 Å². The van der Waals surface area contributed by atoms with Crippen molar-refractivity contribution in [3.63, 3.8) is 0 Å². The number of hydrogen-bond donors (Lipinski definition) is 1. The molecule has 0 fully saturated rings. The lowest BCUT2D eigenvalue weighted by Gasteiger charge is -2.15. The molecule has 2 aromatic heterocycles. The number of nitrogens with one attached hydrogen (secondary N) is 1. The van der Waals surface area contributed by atoms with Crippen LogP contribution in [-0.4, -0.2) is 41.8 Å². The second kappa shape index (κ2) is 8.74. The Hall–Kier alpha value is -4.07. The van der Waals surface area contributed by atoms with Crippen LogP contribution in [0.4, 0.5) is 0 Å². The molecule has 1 amide bonds. The third-order valence-electron chi connectivity index (χ3n) is 4.91. The van der Waals surface area contributed by atoms with Crippen molar-refractivity contribution in [2.45, 2.75) is 6.54 Å². The van der Waals surface area contributed by atoms with Gasteiger partial charge in [-0.25, -0.2) is 4.98 Å². The standard InChI is InChI=1S/C23H22N4O4/c1-29-20-10-17(11-21(30-2)22(20)31-3)27-14-26-18-9-16(6-7-19(18)27)23(28)25-13-15-5-4-8-24-12-15/h4-12,14H,13H2,1-3H3,(H,25,28). The summed E-state index contributed by atoms with van der Waals surface area (Å²) in [5.74, 6) is 1.44. The zero-order valence-electron chi connectivity index (χ0n) is 17.5. The molecule has 158 valence electrons. The van der Waals surface area contributed by atoms with Crippen molar-refractivity contribution in [3.8, 4) is 22.9 Å². The van der Waals surface area contributed by atoms with Crippen molar-refractivity contribution >= 4 is 16.9 Å². The highest BCUT2D eigenvalue weighted by atomic mass is 16.5. The topological polar surface area (TPSA) is 87.5 Å². The van der Waals surface area contributed by atoms with Crippen molar-refractivity contribution in [2.24, 2.45) is 0 Å². The van der Waals surface area contributed by atoms with Crippen molar-refractivity contribution in [1.29, 1.82) is 0 Å². The Morgan fingerprint density at radius 3 is 2.45 bits per heavy atom. The Bertz CT molecular complexity index is 1200. The largest absolute Gasteiger partial charge is 0.493 e. The molecular formula is C23H22N4O4. The van der Waals surface area contributed by atoms with E-state index in [1.807, 2.05) is 34.9 Å². The lowest BCUT2D eigenvalue weighted by atomic mass is 10.1. The maximum atomic E-state index is 12.6. The van der Waals surface area contributed by atoms with E-state index in [1.165, 1.54) is 0 Å². The number of aromatic nitrogens is 3. The quantitative estimate of drug-likeness (QED) is 0.495. The fraction of sp³-hybridized carbons (Fsp3) is 0.174. The number of fused-ring (bicyclic) bond motifs is 1. The zero-order chi connectivity index (χ0) is 21.8. The summed E-state index contributed by atoms with van der Waals surface area (Å²) in [6.07, 6.45) is 5.12. The number of hydrogen-bond acceptors (Lipinski definition) is 6. The minimum absolute atomic E-state index is 0.173. The van der Waals surface area contributed by atoms with Gasteiger partial charge in [-0.2, -0.15) is 0 Å². The molecule has 0 aliphatic heterocycles. The molecular weight excluding hydrogens is 396 g/mol. The van der Waals surface area contributed by atoms with Gasteiger partial charge in [0.05, 0.1) is 38.1 Å². The van der Waals surface area contributed by atoms with Crippen LogP contribution in [0.15, 0.2) is 61.2 Å². The Morgan fingerprint density at radius 2 is 1.81 bits per heavy atom. The van der Waals surface area contributed by atoms with Gasteiger partial charge in [0.25, 0.3) is 5.91 Å². The van der Waals surface area contributed by atoms with E-state index in [0.29, 0.717) is 34.9 Å². The Labute approximate surface area is 179 Å². The molecule has 0 spiro atoms. The summed E-state index contributed by atoms with van der Waals surface area (Å²) in [7, 11) is 4.71. The molecule has 1 N–H and O–H groups in total. The normalized spacial score (nSPS) is 10.7. The van der Waals surface area contributed by atoms with Gasteiger partial charge in [0, 0.05) is 36.6 Å². The van der Waals surface area contributed by atoms with E-state index < -0.39 is 0 Å². The second-order valence-corrected chi connectivity index (χ2v) is 6.75. The van der Waals surface area contributed by atoms with E-state index in [4.69, 9.17) is 14.2 Å². The van der Waals surface area contributed by atoms with E-state index in [0.717, 1.165) is 16.8 Å². The summed E-state index contributed by atoms with van der Waals surface area (Å²) < 4.78 is 18.2. The summed E-state index contributed by atoms with van der Waals surface area (Å²) in [5, 5.41) is 2.90. The Balaban J connectivity index is 1.63. The predicted molar refractivity (Wildman–Crippen MR) is 116 cm³/mol. The van der Waals surface area contributed by atoms with Crippen LogP contribution >= 0.6 is 0 Å². The fourth-order valence-electron chi connectivity index (χ4n) is 3.35. The van der Waals surface area contributed by atoms with E-state index in [2.05, 4.69) is 15.3 Å². The van der Waals surface area contributed by atoms with Gasteiger partial charge < -0.3 is 19.5 Å². The van der Waals surface area contributed by atoms with Crippen LogP contribution in [0, 0.1) is 0 Å². The summed E-state index contributed by atoms with van der Waals surface area (Å²) in [6, 6.07) is 12.8. The molecule has 4 aromatic rings. The van der Waals surface area contributed by atoms with Crippen molar-refractivity contribution in [2.75, 3.05) is 21.3 Å². The number of ether oxygens (including phenoxy) is 3. The average Bonchev–Trinajstić information content (AvgIpc) is 3.25. The number of carbonyl (C=O) groups excluding carboxylic acids is 1. The van der Waals surface area contributed by atoms with Gasteiger partial charge in [0.2, 0.25) is 5.75 Å². The molecule has 0 saturated carbocycles. The number of methoxy groups -OCH3 is 3. The van der Waals surface area contributed by atoms with Crippen LogP contribution in [0.2, 0.25) is 0 Å². The van der Waals surface area contributed by atoms with E-state index in [-0.39, 0.29) is 5.91 Å². The average molecular weight is 418 g/mol. The van der Waals surface area contributed by atoms with Crippen LogP contribution < -0.4 is 19.5 Å². The highest BCUT2D eigenvalue weighted by molar-refractivity contribution is 5.97. The molecule has 0 aliphatic rings. The third kappa shape index (κ3) is 4.00. The summed E-state index contributed by atoms with van der Waals surface area (Å²) in [6.45, 7) is 0.407. The first-order chi connectivity index (χ1) is 15.1. The SMILES string of the molecule is COc1cc(-n2cnc3cc(C(=O)NCc4cccnc4)ccc32)cc(OC)c1OC. The number of carbonyl (C=O) groups is 1. The van der Waals surface area contributed by atoms with Crippen molar-refractivity contribution in [3.05, 3.63) is 72.3 Å². The highest BCUT2D eigenvalue weighted by Crippen LogP contribution is 2.39. The van der Waals surface area contributed by atoms with Gasteiger partial charge in [-0.15, -0.1) is 0 Å². The van der Waals surface area contributed by atoms with Crippen LogP contribution in [0.1, 0.15) is 15.9 Å². The molecule has 0 saturated heterocycles. The molecule has 0 radical (unpaired) electrons. The molecule has 8 heteroatoms. The third-order valence-corrected chi connectivity index (χ3v) is 4.91. The van der Waals surface area contributed by atoms with E-state index in [9.17, 15) is 4.79 Å². The van der Waals surface area contributed by atoms with E-state index in [1.54, 1.807) is 52.2 Å². The maximum Gasteiger partial charge on any atom is 0.251 e. The number of nitrogens with zero attached hydrogens (tertiary/aromatic N) is 3. The zero-order valence-corrected chi connectivity index (χ0v) is 17.5. The molecule has 31 heavy (non-hydrogen) atoms. The first kappa shape index (κ1) is 20.2. The minimum Gasteiger partial charge on any atom is -0.493 e. The lowest BCUT2D eigenvalue weighted by Crippen LogP contribution is -2.22. The second-order valence-electron chi connectivity index (χ2n) is 6.75. The van der Waals surface area contributed by atoms with Gasteiger partial charge in [-0.1, -0.05) is 6.07 Å². The Kier molecular flexibility index (Phi) is 5.70. The number of benzene rings is 2. The molecule has 4 rings (SSSR count). The molecule has 0 aliphatic carbocycles. The smallest absolute Gasteiger partial charge is 0.251 e. The van der Waals surface area contributed by atoms with Crippen LogP contribution in [0.5, 0.6) is 17.2 Å². The molecule has 8 nitrogen and oxygen atoms in total. The number of imidazole rings is 1. The predicted octanol–water partition coefficient (Wildman–Crippen LogP) is 3.38. The van der Waals surface area contributed by atoms with Gasteiger partial charge in [0.15, 0.2) is 11.5 Å². The maximum absolute atomic E-state index is 12.6. The first-order valence-electron chi connectivity index (χ1n) is 9.59. The summed E-state index contributed by atoms with van der Waals surface area (Å²) >= 11 is 0. The number of amides is 1. The van der Waals surface area contributed by atoms with Crippen LogP contribution in [-0.2, 0) is 6.54 Å². The van der Waals surface area contributed by atoms with Gasteiger partial charge in [0.1, 0.15) is 6.33 Å². The van der Waals surface area contributed by atoms with Gasteiger partial charge >= 0.3 is 0 Å². The van der Waals surface area contributed by atoms with Crippen molar-refractivity contribution in [1.82, 2.24) is 19.9 Å². The van der Waals surface area contributed by atoms with Crippen molar-refractivity contribution < 1.29 is 19.0 Å². The number of rotatable bonds is 7. The monoisotopic (exact) mass is 418 g/mol. The first-order valence-corrected chi connectivity index (χ1v) is 9.59. The van der Waals surface area contributed by atoms with Crippen LogP contribution in [0.3, 0.4) is 0 Å². The summed E-state index contributed by atoms with van der Waals surface area (Å²) in [4.78, 5) is 21.1. The van der Waals surface area contributed by atoms with E-state index >= 15 is 0 Å². The summed E-state index contributed by atoms with van der Waals surface area (Å²) in [5.41, 5.74) is 3.81. The minimum atomic E-state index is -0.173. The highest BCUT2D eigenvalue weighted by Gasteiger charge is 2.16.